The minimum absolute atomic E-state index is 0.0745. The maximum absolute atomic E-state index is 12.9. The van der Waals surface area contributed by atoms with Crippen molar-refractivity contribution in [3.05, 3.63) is 72.1 Å². The first-order chi connectivity index (χ1) is 18.4. The minimum atomic E-state index is 0.0745. The summed E-state index contributed by atoms with van der Waals surface area (Å²) in [6.45, 7) is 7.11. The molecule has 3 aromatic rings. The van der Waals surface area contributed by atoms with E-state index in [4.69, 9.17) is 4.98 Å². The molecule has 2 saturated heterocycles. The van der Waals surface area contributed by atoms with E-state index < -0.39 is 0 Å². The van der Waals surface area contributed by atoms with Crippen LogP contribution in [-0.4, -0.2) is 78.7 Å². The zero-order valence-electron chi connectivity index (χ0n) is 22.8. The molecule has 0 aliphatic carbocycles. The number of carbonyl (C=O) groups is 1. The second kappa shape index (κ2) is 10.0. The number of anilines is 2. The normalized spacial score (nSPS) is 19.6. The number of likely N-dealkylation sites (tertiary alicyclic amines) is 1. The zero-order chi connectivity index (χ0) is 26.3. The van der Waals surface area contributed by atoms with Gasteiger partial charge in [0.05, 0.1) is 18.1 Å². The van der Waals surface area contributed by atoms with Gasteiger partial charge in [0.25, 0.3) is 0 Å². The average Bonchev–Trinajstić information content (AvgIpc) is 3.27. The molecular weight excluding hydrogens is 472 g/mol. The second-order valence-electron chi connectivity index (χ2n) is 11.4. The SMILES string of the molecule is Cc1ccccc1-c1cncc(N2CCC(N3CCC4(CC3)CN(C(=O)N(C)C)c3ccccc34)CC2)n1. The fourth-order valence-corrected chi connectivity index (χ4v) is 6.75. The van der Waals surface area contributed by atoms with Crippen molar-refractivity contribution < 1.29 is 4.79 Å². The van der Waals surface area contributed by atoms with E-state index in [1.54, 1.807) is 4.90 Å². The number of nitrogens with zero attached hydrogens (tertiary/aromatic N) is 6. The third kappa shape index (κ3) is 4.43. The van der Waals surface area contributed by atoms with Crippen molar-refractivity contribution in [2.75, 3.05) is 56.6 Å². The van der Waals surface area contributed by atoms with Gasteiger partial charge in [-0.15, -0.1) is 0 Å². The van der Waals surface area contributed by atoms with E-state index in [0.717, 1.165) is 81.2 Å². The number of benzene rings is 2. The number of fused-ring (bicyclic) bond motifs is 2. The van der Waals surface area contributed by atoms with E-state index >= 15 is 0 Å². The molecule has 1 spiro atoms. The fraction of sp³-hybridized carbons (Fsp3) is 0.452. The predicted molar refractivity (Wildman–Crippen MR) is 153 cm³/mol. The number of aromatic nitrogens is 2. The Morgan fingerprint density at radius 2 is 1.66 bits per heavy atom. The monoisotopic (exact) mass is 510 g/mol. The number of para-hydroxylation sites is 1. The van der Waals surface area contributed by atoms with Gasteiger partial charge < -0.3 is 14.7 Å². The van der Waals surface area contributed by atoms with Gasteiger partial charge in [0, 0.05) is 56.4 Å². The Hall–Kier alpha value is -3.45. The average molecular weight is 511 g/mol. The van der Waals surface area contributed by atoms with Crippen LogP contribution in [0.5, 0.6) is 0 Å². The summed E-state index contributed by atoms with van der Waals surface area (Å²) in [6, 6.07) is 17.6. The van der Waals surface area contributed by atoms with Crippen LogP contribution in [0.25, 0.3) is 11.3 Å². The number of urea groups is 1. The first kappa shape index (κ1) is 24.9. The largest absolute Gasteiger partial charge is 0.355 e. The molecule has 0 N–H and O–H groups in total. The molecular formula is C31H38N6O. The summed E-state index contributed by atoms with van der Waals surface area (Å²) >= 11 is 0. The molecule has 2 amide bonds. The summed E-state index contributed by atoms with van der Waals surface area (Å²) < 4.78 is 0. The van der Waals surface area contributed by atoms with Crippen LogP contribution in [0.3, 0.4) is 0 Å². The number of hydrogen-bond donors (Lipinski definition) is 0. The standard InChI is InChI=1S/C31H38N6O/c1-23-8-4-5-9-25(23)27-20-32-21-29(33-27)36-16-12-24(13-17-36)35-18-14-31(15-19-35)22-37(30(38)34(2)3)28-11-7-6-10-26(28)31/h4-11,20-21,24H,12-19,22H2,1-3H3. The lowest BCUT2D eigenvalue weighted by molar-refractivity contribution is 0.104. The minimum Gasteiger partial charge on any atom is -0.355 e. The topological polar surface area (TPSA) is 55.8 Å². The van der Waals surface area contributed by atoms with Gasteiger partial charge in [-0.25, -0.2) is 9.78 Å². The molecule has 3 aliphatic heterocycles. The van der Waals surface area contributed by atoms with Gasteiger partial charge in [-0.3, -0.25) is 9.88 Å². The Bertz CT molecular complexity index is 1310. The molecule has 0 saturated carbocycles. The number of piperidine rings is 2. The van der Waals surface area contributed by atoms with Crippen LogP contribution in [0.4, 0.5) is 16.3 Å². The van der Waals surface area contributed by atoms with Crippen LogP contribution in [0, 0.1) is 6.92 Å². The van der Waals surface area contributed by atoms with Crippen LogP contribution in [-0.2, 0) is 5.41 Å². The number of hydrogen-bond acceptors (Lipinski definition) is 5. The van der Waals surface area contributed by atoms with Crippen LogP contribution in [0.2, 0.25) is 0 Å². The van der Waals surface area contributed by atoms with Crippen LogP contribution in [0.15, 0.2) is 60.9 Å². The number of carbonyl (C=O) groups excluding carboxylic acids is 1. The number of amides is 2. The molecule has 7 nitrogen and oxygen atoms in total. The van der Waals surface area contributed by atoms with Crippen molar-refractivity contribution in [1.29, 1.82) is 0 Å². The third-order valence-corrected chi connectivity index (χ3v) is 8.94. The molecule has 3 aliphatic rings. The second-order valence-corrected chi connectivity index (χ2v) is 11.4. The summed E-state index contributed by atoms with van der Waals surface area (Å²) in [5.41, 5.74) is 5.85. The van der Waals surface area contributed by atoms with Crippen LogP contribution < -0.4 is 9.80 Å². The first-order valence-electron chi connectivity index (χ1n) is 13.9. The van der Waals surface area contributed by atoms with Crippen LogP contribution >= 0.6 is 0 Å². The van der Waals surface area contributed by atoms with Gasteiger partial charge in [-0.05, 0) is 62.9 Å². The van der Waals surface area contributed by atoms with Crippen molar-refractivity contribution in [2.24, 2.45) is 0 Å². The molecule has 7 heteroatoms. The summed E-state index contributed by atoms with van der Waals surface area (Å²) in [6.07, 6.45) is 8.27. The van der Waals surface area contributed by atoms with E-state index in [9.17, 15) is 4.79 Å². The molecule has 2 aromatic carbocycles. The Balaban J connectivity index is 1.09. The molecule has 4 heterocycles. The smallest absolute Gasteiger partial charge is 0.323 e. The summed E-state index contributed by atoms with van der Waals surface area (Å²) in [5.74, 6) is 0.981. The van der Waals surface area contributed by atoms with Gasteiger partial charge in [-0.2, -0.15) is 0 Å². The van der Waals surface area contributed by atoms with Crippen molar-refractivity contribution in [3.8, 4) is 11.3 Å². The van der Waals surface area contributed by atoms with Gasteiger partial charge in [0.1, 0.15) is 5.82 Å². The Kier molecular flexibility index (Phi) is 6.56. The lowest BCUT2D eigenvalue weighted by Gasteiger charge is -2.45. The maximum Gasteiger partial charge on any atom is 0.323 e. The highest BCUT2D eigenvalue weighted by molar-refractivity contribution is 5.95. The molecule has 0 radical (unpaired) electrons. The highest BCUT2D eigenvalue weighted by Crippen LogP contribution is 2.47. The van der Waals surface area contributed by atoms with Gasteiger partial charge in [0.15, 0.2) is 0 Å². The lowest BCUT2D eigenvalue weighted by Crippen LogP contribution is -2.52. The number of aryl methyl sites for hydroxylation is 1. The van der Waals surface area contributed by atoms with Crippen LogP contribution in [0.1, 0.15) is 36.8 Å². The summed E-state index contributed by atoms with van der Waals surface area (Å²) in [5, 5.41) is 0. The molecule has 0 atom stereocenters. The molecule has 38 heavy (non-hydrogen) atoms. The zero-order valence-corrected chi connectivity index (χ0v) is 22.8. The van der Waals surface area contributed by atoms with Gasteiger partial charge in [0.2, 0.25) is 0 Å². The quantitative estimate of drug-likeness (QED) is 0.499. The first-order valence-corrected chi connectivity index (χ1v) is 13.9. The highest BCUT2D eigenvalue weighted by atomic mass is 16.2. The van der Waals surface area contributed by atoms with E-state index in [1.807, 2.05) is 31.4 Å². The van der Waals surface area contributed by atoms with Gasteiger partial charge in [-0.1, -0.05) is 42.5 Å². The summed E-state index contributed by atoms with van der Waals surface area (Å²) in [4.78, 5) is 31.2. The number of rotatable bonds is 3. The van der Waals surface area contributed by atoms with Crippen molar-refractivity contribution >= 4 is 17.5 Å². The van der Waals surface area contributed by atoms with E-state index in [-0.39, 0.29) is 11.4 Å². The van der Waals surface area contributed by atoms with E-state index in [1.165, 1.54) is 11.1 Å². The predicted octanol–water partition coefficient (Wildman–Crippen LogP) is 4.96. The summed E-state index contributed by atoms with van der Waals surface area (Å²) in [7, 11) is 3.69. The lowest BCUT2D eigenvalue weighted by atomic mass is 9.74. The Labute approximate surface area is 226 Å². The third-order valence-electron chi connectivity index (χ3n) is 8.94. The van der Waals surface area contributed by atoms with Crippen molar-refractivity contribution in [3.63, 3.8) is 0 Å². The molecule has 0 bridgehead atoms. The molecule has 198 valence electrons. The molecule has 0 unspecified atom stereocenters. The van der Waals surface area contributed by atoms with E-state index in [2.05, 4.69) is 70.2 Å². The van der Waals surface area contributed by atoms with Crippen molar-refractivity contribution in [1.82, 2.24) is 19.8 Å². The van der Waals surface area contributed by atoms with Gasteiger partial charge >= 0.3 is 6.03 Å². The fourth-order valence-electron chi connectivity index (χ4n) is 6.75. The molecule has 1 aromatic heterocycles. The van der Waals surface area contributed by atoms with Crippen molar-refractivity contribution in [2.45, 2.75) is 44.1 Å². The maximum atomic E-state index is 12.9. The molecule has 6 rings (SSSR count). The highest BCUT2D eigenvalue weighted by Gasteiger charge is 2.47. The Morgan fingerprint density at radius 1 is 0.947 bits per heavy atom. The Morgan fingerprint density at radius 3 is 2.39 bits per heavy atom. The van der Waals surface area contributed by atoms with E-state index in [0.29, 0.717) is 6.04 Å². The molecule has 2 fully saturated rings.